The van der Waals surface area contributed by atoms with Gasteiger partial charge in [0.15, 0.2) is 5.79 Å². The van der Waals surface area contributed by atoms with E-state index in [0.717, 1.165) is 13.0 Å². The van der Waals surface area contributed by atoms with Crippen LogP contribution >= 0.6 is 0 Å². The molecule has 0 aliphatic carbocycles. The van der Waals surface area contributed by atoms with Crippen LogP contribution in [0.15, 0.2) is 0 Å². The number of aliphatic hydroxyl groups is 1. The lowest BCUT2D eigenvalue weighted by molar-refractivity contribution is -0.153. The molecule has 4 nitrogen and oxygen atoms in total. The fourth-order valence-corrected chi connectivity index (χ4v) is 2.31. The minimum atomic E-state index is -0.541. The van der Waals surface area contributed by atoms with Crippen molar-refractivity contribution in [2.75, 3.05) is 13.2 Å². The van der Waals surface area contributed by atoms with Crippen molar-refractivity contribution >= 4 is 0 Å². The Morgan fingerprint density at radius 1 is 1.40 bits per heavy atom. The third kappa shape index (κ3) is 2.69. The van der Waals surface area contributed by atoms with Gasteiger partial charge in [-0.2, -0.15) is 0 Å². The van der Waals surface area contributed by atoms with Gasteiger partial charge in [-0.1, -0.05) is 6.42 Å². The van der Waals surface area contributed by atoms with Gasteiger partial charge in [-0.05, 0) is 33.2 Å². The van der Waals surface area contributed by atoms with Crippen molar-refractivity contribution < 1.29 is 14.6 Å². The summed E-state index contributed by atoms with van der Waals surface area (Å²) in [6, 6.07) is 0.168. The van der Waals surface area contributed by atoms with Gasteiger partial charge in [0.05, 0.1) is 12.7 Å². The molecule has 0 aromatic rings. The Kier molecular flexibility index (Phi) is 3.30. The summed E-state index contributed by atoms with van der Waals surface area (Å²) < 4.78 is 11.1. The zero-order chi connectivity index (χ0) is 10.9. The number of hydrogen-bond acceptors (Lipinski definition) is 4. The summed E-state index contributed by atoms with van der Waals surface area (Å²) >= 11 is 0. The third-order valence-corrected chi connectivity index (χ3v) is 3.17. The van der Waals surface area contributed by atoms with E-state index >= 15 is 0 Å². The lowest BCUT2D eigenvalue weighted by Crippen LogP contribution is -2.49. The molecule has 2 aliphatic heterocycles. The van der Waals surface area contributed by atoms with Crippen LogP contribution in [-0.2, 0) is 9.47 Å². The molecule has 0 bridgehead atoms. The van der Waals surface area contributed by atoms with Crippen LogP contribution in [0.2, 0.25) is 0 Å². The second-order valence-electron chi connectivity index (χ2n) is 4.91. The van der Waals surface area contributed by atoms with Crippen LogP contribution in [0.5, 0.6) is 0 Å². The van der Waals surface area contributed by atoms with Crippen LogP contribution in [0.25, 0.3) is 0 Å². The molecule has 2 N–H and O–H groups in total. The maximum absolute atomic E-state index is 10.1. The molecule has 2 aliphatic rings. The van der Waals surface area contributed by atoms with Crippen molar-refractivity contribution in [3.8, 4) is 0 Å². The fraction of sp³-hybridized carbons (Fsp3) is 1.00. The summed E-state index contributed by atoms with van der Waals surface area (Å²) in [5, 5.41) is 13.5. The van der Waals surface area contributed by atoms with Gasteiger partial charge in [0.1, 0.15) is 6.10 Å². The molecule has 3 unspecified atom stereocenters. The third-order valence-electron chi connectivity index (χ3n) is 3.17. The number of hydrogen-bond donors (Lipinski definition) is 2. The minimum Gasteiger partial charge on any atom is -0.389 e. The van der Waals surface area contributed by atoms with E-state index in [4.69, 9.17) is 9.47 Å². The quantitative estimate of drug-likeness (QED) is 0.710. The van der Waals surface area contributed by atoms with Gasteiger partial charge in [0, 0.05) is 6.04 Å². The number of rotatable bonds is 2. The van der Waals surface area contributed by atoms with Crippen LogP contribution in [-0.4, -0.2) is 42.3 Å². The van der Waals surface area contributed by atoms with Crippen molar-refractivity contribution in [3.05, 3.63) is 0 Å². The first-order chi connectivity index (χ1) is 7.08. The summed E-state index contributed by atoms with van der Waals surface area (Å²) in [4.78, 5) is 0. The van der Waals surface area contributed by atoms with Crippen molar-refractivity contribution in [1.29, 1.82) is 0 Å². The van der Waals surface area contributed by atoms with Gasteiger partial charge < -0.3 is 19.9 Å². The largest absolute Gasteiger partial charge is 0.389 e. The molecular weight excluding hydrogens is 194 g/mol. The second-order valence-corrected chi connectivity index (χ2v) is 4.91. The zero-order valence-corrected chi connectivity index (χ0v) is 9.53. The molecule has 0 amide bonds. The average molecular weight is 215 g/mol. The van der Waals surface area contributed by atoms with E-state index in [1.165, 1.54) is 12.8 Å². The summed E-state index contributed by atoms with van der Waals surface area (Å²) in [6.07, 6.45) is 2.78. The highest BCUT2D eigenvalue weighted by molar-refractivity contribution is 4.87. The summed E-state index contributed by atoms with van der Waals surface area (Å²) in [5.41, 5.74) is 0. The SMILES string of the molecule is CC1(C)OCC(C(O)C2CCCCN2)O1. The Balaban J connectivity index is 1.87. The van der Waals surface area contributed by atoms with Crippen molar-refractivity contribution in [1.82, 2.24) is 5.32 Å². The first kappa shape index (κ1) is 11.3. The summed E-state index contributed by atoms with van der Waals surface area (Å²) in [5.74, 6) is -0.541. The predicted octanol–water partition coefficient (Wildman–Crippen LogP) is 0.641. The predicted molar refractivity (Wildman–Crippen MR) is 56.6 cm³/mol. The molecule has 0 saturated carbocycles. The maximum atomic E-state index is 10.1. The number of aliphatic hydroxyl groups excluding tert-OH is 1. The van der Waals surface area contributed by atoms with E-state index in [9.17, 15) is 5.11 Å². The van der Waals surface area contributed by atoms with E-state index in [1.54, 1.807) is 0 Å². The molecule has 2 saturated heterocycles. The molecule has 4 heteroatoms. The summed E-state index contributed by atoms with van der Waals surface area (Å²) in [7, 11) is 0. The zero-order valence-electron chi connectivity index (χ0n) is 9.53. The standard InChI is InChI=1S/C11H21NO3/c1-11(2)14-7-9(15-11)10(13)8-5-3-4-6-12-8/h8-10,12-13H,3-7H2,1-2H3. The molecule has 2 rings (SSSR count). The molecule has 0 spiro atoms. The van der Waals surface area contributed by atoms with Crippen LogP contribution in [0.3, 0.4) is 0 Å². The Labute approximate surface area is 90.9 Å². The van der Waals surface area contributed by atoms with E-state index in [2.05, 4.69) is 5.32 Å². The highest BCUT2D eigenvalue weighted by atomic mass is 16.7. The molecule has 0 radical (unpaired) electrons. The maximum Gasteiger partial charge on any atom is 0.163 e. The molecule has 2 fully saturated rings. The minimum absolute atomic E-state index is 0.168. The van der Waals surface area contributed by atoms with Crippen LogP contribution in [0, 0.1) is 0 Å². The lowest BCUT2D eigenvalue weighted by atomic mass is 9.97. The van der Waals surface area contributed by atoms with Crippen LogP contribution in [0.1, 0.15) is 33.1 Å². The van der Waals surface area contributed by atoms with Crippen molar-refractivity contribution in [3.63, 3.8) is 0 Å². The van der Waals surface area contributed by atoms with E-state index in [-0.39, 0.29) is 12.1 Å². The lowest BCUT2D eigenvalue weighted by Gasteiger charge is -2.31. The molecule has 2 heterocycles. The van der Waals surface area contributed by atoms with E-state index in [0.29, 0.717) is 6.61 Å². The van der Waals surface area contributed by atoms with E-state index in [1.807, 2.05) is 13.8 Å². The Morgan fingerprint density at radius 2 is 2.20 bits per heavy atom. The first-order valence-corrected chi connectivity index (χ1v) is 5.82. The monoisotopic (exact) mass is 215 g/mol. The Hall–Kier alpha value is -0.160. The molecule has 3 atom stereocenters. The van der Waals surface area contributed by atoms with Gasteiger partial charge in [-0.25, -0.2) is 0 Å². The second kappa shape index (κ2) is 4.37. The van der Waals surface area contributed by atoms with Crippen molar-refractivity contribution in [2.24, 2.45) is 0 Å². The highest BCUT2D eigenvalue weighted by Gasteiger charge is 2.39. The highest BCUT2D eigenvalue weighted by Crippen LogP contribution is 2.26. The van der Waals surface area contributed by atoms with Gasteiger partial charge in [0.25, 0.3) is 0 Å². The average Bonchev–Trinajstić information content (AvgIpc) is 2.59. The number of ether oxygens (including phenoxy) is 2. The number of nitrogens with one attached hydrogen (secondary N) is 1. The topological polar surface area (TPSA) is 50.7 Å². The Morgan fingerprint density at radius 3 is 2.73 bits per heavy atom. The van der Waals surface area contributed by atoms with Gasteiger partial charge in [0.2, 0.25) is 0 Å². The normalized spacial score (nSPS) is 37.8. The van der Waals surface area contributed by atoms with Crippen LogP contribution in [0.4, 0.5) is 0 Å². The number of piperidine rings is 1. The molecule has 0 aromatic heterocycles. The molecular formula is C11H21NO3. The first-order valence-electron chi connectivity index (χ1n) is 5.82. The molecule has 15 heavy (non-hydrogen) atoms. The van der Waals surface area contributed by atoms with Gasteiger partial charge in [-0.15, -0.1) is 0 Å². The summed E-state index contributed by atoms with van der Waals surface area (Å²) in [6.45, 7) is 5.26. The van der Waals surface area contributed by atoms with E-state index < -0.39 is 11.9 Å². The van der Waals surface area contributed by atoms with Gasteiger partial charge in [-0.3, -0.25) is 0 Å². The van der Waals surface area contributed by atoms with Gasteiger partial charge >= 0.3 is 0 Å². The molecule has 88 valence electrons. The fourth-order valence-electron chi connectivity index (χ4n) is 2.31. The smallest absolute Gasteiger partial charge is 0.163 e. The molecule has 0 aromatic carbocycles. The van der Waals surface area contributed by atoms with Crippen LogP contribution < -0.4 is 5.32 Å². The van der Waals surface area contributed by atoms with Crippen molar-refractivity contribution in [2.45, 2.75) is 57.1 Å². The Bertz CT molecular complexity index is 214.